The molecule has 0 spiro atoms. The van der Waals surface area contributed by atoms with Gasteiger partial charge >= 0.3 is 0 Å². The van der Waals surface area contributed by atoms with E-state index < -0.39 is 0 Å². The van der Waals surface area contributed by atoms with Crippen molar-refractivity contribution in [2.45, 2.75) is 39.5 Å². The van der Waals surface area contributed by atoms with Crippen LogP contribution in [0, 0.1) is 13.8 Å². The molecule has 1 aromatic rings. The average Bonchev–Trinajstić information content (AvgIpc) is 2.51. The fourth-order valence-electron chi connectivity index (χ4n) is 1.88. The number of hydrogen-bond acceptors (Lipinski definition) is 2. The van der Waals surface area contributed by atoms with E-state index >= 15 is 0 Å². The third-order valence-electron chi connectivity index (χ3n) is 3.03. The summed E-state index contributed by atoms with van der Waals surface area (Å²) in [5, 5.41) is 0. The van der Waals surface area contributed by atoms with Crippen LogP contribution in [0.5, 0.6) is 0 Å². The first kappa shape index (κ1) is 12.3. The van der Waals surface area contributed by atoms with E-state index in [1.165, 1.54) is 22.5 Å². The Kier molecular flexibility index (Phi) is 4.85. The standard InChI is InChI=1S/C12H23N3/c1-9-10(2)12(6-4-8-14)15-11(9)5-3-7-13/h15H,3-8,13-14H2,1-2H3. The maximum absolute atomic E-state index is 5.52. The Labute approximate surface area is 92.2 Å². The molecule has 0 aliphatic heterocycles. The molecule has 0 atom stereocenters. The molecule has 0 bridgehead atoms. The quantitative estimate of drug-likeness (QED) is 0.663. The zero-order valence-electron chi connectivity index (χ0n) is 9.90. The number of nitrogens with one attached hydrogen (secondary N) is 1. The molecule has 3 nitrogen and oxygen atoms in total. The van der Waals surface area contributed by atoms with E-state index in [4.69, 9.17) is 11.5 Å². The highest BCUT2D eigenvalue weighted by Crippen LogP contribution is 2.19. The lowest BCUT2D eigenvalue weighted by atomic mass is 10.1. The molecule has 86 valence electrons. The van der Waals surface area contributed by atoms with Crippen molar-refractivity contribution >= 4 is 0 Å². The minimum absolute atomic E-state index is 0.760. The molecule has 1 heterocycles. The molecule has 1 aromatic heterocycles. The summed E-state index contributed by atoms with van der Waals surface area (Å²) in [7, 11) is 0. The third-order valence-corrected chi connectivity index (χ3v) is 3.03. The van der Waals surface area contributed by atoms with Gasteiger partial charge in [0, 0.05) is 11.4 Å². The highest BCUT2D eigenvalue weighted by atomic mass is 14.7. The summed E-state index contributed by atoms with van der Waals surface area (Å²) >= 11 is 0. The number of hydrogen-bond donors (Lipinski definition) is 3. The Hall–Kier alpha value is -0.800. The molecule has 0 aliphatic rings. The lowest BCUT2D eigenvalue weighted by Crippen LogP contribution is -2.02. The van der Waals surface area contributed by atoms with Crippen molar-refractivity contribution in [1.82, 2.24) is 4.98 Å². The van der Waals surface area contributed by atoms with Gasteiger partial charge in [-0.15, -0.1) is 0 Å². The van der Waals surface area contributed by atoms with Gasteiger partial charge in [-0.2, -0.15) is 0 Å². The second-order valence-corrected chi connectivity index (χ2v) is 4.12. The van der Waals surface area contributed by atoms with Gasteiger partial charge in [0.25, 0.3) is 0 Å². The molecule has 0 unspecified atom stereocenters. The van der Waals surface area contributed by atoms with Crippen LogP contribution in [0.1, 0.15) is 35.4 Å². The molecule has 0 aliphatic carbocycles. The van der Waals surface area contributed by atoms with E-state index in [9.17, 15) is 0 Å². The van der Waals surface area contributed by atoms with Gasteiger partial charge in [0.15, 0.2) is 0 Å². The highest BCUT2D eigenvalue weighted by Gasteiger charge is 2.09. The number of aromatic nitrogens is 1. The van der Waals surface area contributed by atoms with Crippen molar-refractivity contribution in [1.29, 1.82) is 0 Å². The summed E-state index contributed by atoms with van der Waals surface area (Å²) < 4.78 is 0. The number of H-pyrrole nitrogens is 1. The van der Waals surface area contributed by atoms with Crippen LogP contribution in [0.2, 0.25) is 0 Å². The average molecular weight is 209 g/mol. The molecular formula is C12H23N3. The molecule has 15 heavy (non-hydrogen) atoms. The lowest BCUT2D eigenvalue weighted by molar-refractivity contribution is 0.786. The summed E-state index contributed by atoms with van der Waals surface area (Å²) in [4.78, 5) is 3.51. The molecule has 1 rings (SSSR count). The summed E-state index contributed by atoms with van der Waals surface area (Å²) in [6.07, 6.45) is 4.23. The summed E-state index contributed by atoms with van der Waals surface area (Å²) in [5.41, 5.74) is 16.5. The molecular weight excluding hydrogens is 186 g/mol. The van der Waals surface area contributed by atoms with Crippen molar-refractivity contribution in [3.05, 3.63) is 22.5 Å². The van der Waals surface area contributed by atoms with Gasteiger partial charge in [-0.3, -0.25) is 0 Å². The predicted molar refractivity (Wildman–Crippen MR) is 65.0 cm³/mol. The van der Waals surface area contributed by atoms with Crippen LogP contribution in [0.4, 0.5) is 0 Å². The van der Waals surface area contributed by atoms with E-state index in [-0.39, 0.29) is 0 Å². The molecule has 0 saturated carbocycles. The van der Waals surface area contributed by atoms with Gasteiger partial charge in [0.05, 0.1) is 0 Å². The second-order valence-electron chi connectivity index (χ2n) is 4.12. The zero-order chi connectivity index (χ0) is 11.3. The van der Waals surface area contributed by atoms with E-state index in [2.05, 4.69) is 18.8 Å². The first-order valence-electron chi connectivity index (χ1n) is 5.77. The maximum atomic E-state index is 5.52. The van der Waals surface area contributed by atoms with Crippen LogP contribution < -0.4 is 11.5 Å². The van der Waals surface area contributed by atoms with Gasteiger partial charge < -0.3 is 16.5 Å². The lowest BCUT2D eigenvalue weighted by Gasteiger charge is -1.98. The Morgan fingerprint density at radius 3 is 1.60 bits per heavy atom. The Morgan fingerprint density at radius 2 is 1.27 bits per heavy atom. The van der Waals surface area contributed by atoms with Gasteiger partial charge in [-0.05, 0) is 63.7 Å². The monoisotopic (exact) mass is 209 g/mol. The van der Waals surface area contributed by atoms with Crippen LogP contribution in [0.3, 0.4) is 0 Å². The summed E-state index contributed by atoms with van der Waals surface area (Å²) in [6, 6.07) is 0. The Bertz CT molecular complexity index is 274. The second kappa shape index (κ2) is 5.93. The molecule has 0 aromatic carbocycles. The number of rotatable bonds is 6. The normalized spacial score (nSPS) is 10.9. The van der Waals surface area contributed by atoms with Crippen LogP contribution in [-0.2, 0) is 12.8 Å². The molecule has 5 N–H and O–H groups in total. The Morgan fingerprint density at radius 1 is 0.867 bits per heavy atom. The number of nitrogens with two attached hydrogens (primary N) is 2. The zero-order valence-corrected chi connectivity index (χ0v) is 9.90. The van der Waals surface area contributed by atoms with Crippen molar-refractivity contribution in [2.24, 2.45) is 11.5 Å². The smallest absolute Gasteiger partial charge is 0.0182 e. The largest absolute Gasteiger partial charge is 0.362 e. The van der Waals surface area contributed by atoms with E-state index in [1.807, 2.05) is 0 Å². The van der Waals surface area contributed by atoms with Crippen LogP contribution in [0.15, 0.2) is 0 Å². The van der Waals surface area contributed by atoms with Gasteiger partial charge in [-0.25, -0.2) is 0 Å². The van der Waals surface area contributed by atoms with Crippen LogP contribution in [0.25, 0.3) is 0 Å². The molecule has 0 amide bonds. The van der Waals surface area contributed by atoms with E-state index in [1.54, 1.807) is 0 Å². The fourth-order valence-corrected chi connectivity index (χ4v) is 1.88. The summed E-state index contributed by atoms with van der Waals surface area (Å²) in [5.74, 6) is 0. The number of aryl methyl sites for hydroxylation is 2. The molecule has 0 radical (unpaired) electrons. The van der Waals surface area contributed by atoms with Gasteiger partial charge in [0.1, 0.15) is 0 Å². The Balaban J connectivity index is 2.72. The highest BCUT2D eigenvalue weighted by molar-refractivity contribution is 5.35. The van der Waals surface area contributed by atoms with Gasteiger partial charge in [-0.1, -0.05) is 0 Å². The van der Waals surface area contributed by atoms with E-state index in [0.717, 1.165) is 38.8 Å². The predicted octanol–water partition coefficient (Wildman–Crippen LogP) is 1.41. The van der Waals surface area contributed by atoms with Gasteiger partial charge in [0.2, 0.25) is 0 Å². The fraction of sp³-hybridized carbons (Fsp3) is 0.667. The van der Waals surface area contributed by atoms with Crippen molar-refractivity contribution < 1.29 is 0 Å². The van der Waals surface area contributed by atoms with Crippen LogP contribution in [-0.4, -0.2) is 18.1 Å². The molecule has 0 fully saturated rings. The topological polar surface area (TPSA) is 67.8 Å². The summed E-state index contributed by atoms with van der Waals surface area (Å²) in [6.45, 7) is 5.89. The van der Waals surface area contributed by atoms with Crippen molar-refractivity contribution in [3.63, 3.8) is 0 Å². The first-order valence-corrected chi connectivity index (χ1v) is 5.77. The minimum atomic E-state index is 0.760. The van der Waals surface area contributed by atoms with E-state index in [0.29, 0.717) is 0 Å². The number of aromatic amines is 1. The van der Waals surface area contributed by atoms with Crippen molar-refractivity contribution in [3.8, 4) is 0 Å². The maximum Gasteiger partial charge on any atom is 0.0182 e. The molecule has 3 heteroatoms. The SMILES string of the molecule is Cc1c(CCCN)[nH]c(CCCN)c1C. The minimum Gasteiger partial charge on any atom is -0.362 e. The van der Waals surface area contributed by atoms with Crippen molar-refractivity contribution in [2.75, 3.05) is 13.1 Å². The first-order chi connectivity index (χ1) is 7.20. The van der Waals surface area contributed by atoms with Crippen LogP contribution >= 0.6 is 0 Å². The third kappa shape index (κ3) is 3.08. The molecule has 0 saturated heterocycles.